The lowest BCUT2D eigenvalue weighted by atomic mass is 10.1. The van der Waals surface area contributed by atoms with Gasteiger partial charge < -0.3 is 9.30 Å². The maximum atomic E-state index is 5.90. The molecule has 1 atom stereocenters. The maximum Gasteiger partial charge on any atom is 0.190 e. The van der Waals surface area contributed by atoms with Crippen molar-refractivity contribution in [2.75, 3.05) is 6.61 Å². The van der Waals surface area contributed by atoms with Crippen molar-refractivity contribution in [1.29, 1.82) is 0 Å². The molecule has 2 heterocycles. The predicted octanol–water partition coefficient (Wildman–Crippen LogP) is 5.70. The minimum atomic E-state index is 0.273. The molecule has 0 radical (unpaired) electrons. The number of nitrogens with zero attached hydrogens (tertiary/aromatic N) is 2. The molecule has 3 aromatic rings. The second-order valence-electron chi connectivity index (χ2n) is 6.61. The number of thiazole rings is 1. The molecule has 0 saturated carbocycles. The summed E-state index contributed by atoms with van der Waals surface area (Å²) in [6.07, 6.45) is 2.54. The predicted molar refractivity (Wildman–Crippen MR) is 111 cm³/mol. The van der Waals surface area contributed by atoms with E-state index in [0.717, 1.165) is 41.0 Å². The van der Waals surface area contributed by atoms with Crippen LogP contribution in [0.5, 0.6) is 0 Å². The second kappa shape index (κ2) is 7.91. The Kier molecular flexibility index (Phi) is 5.38. The quantitative estimate of drug-likeness (QED) is 0.523. The zero-order valence-electron chi connectivity index (χ0n) is 14.7. The third-order valence-corrected chi connectivity index (χ3v) is 5.97. The van der Waals surface area contributed by atoms with Gasteiger partial charge in [-0.15, -0.1) is 11.3 Å². The van der Waals surface area contributed by atoms with Crippen LogP contribution in [0.15, 0.2) is 63.4 Å². The summed E-state index contributed by atoms with van der Waals surface area (Å²) in [4.78, 5) is 5.94. The number of hydrogen-bond donors (Lipinski definition) is 0. The molecule has 1 aliphatic rings. The molecule has 3 nitrogen and oxygen atoms in total. The van der Waals surface area contributed by atoms with Gasteiger partial charge in [0.25, 0.3) is 0 Å². The van der Waals surface area contributed by atoms with Crippen molar-refractivity contribution in [3.05, 3.63) is 68.7 Å². The van der Waals surface area contributed by atoms with Crippen LogP contribution in [0.4, 0.5) is 5.69 Å². The fourth-order valence-electron chi connectivity index (χ4n) is 3.25. The third kappa shape index (κ3) is 4.00. The Labute approximate surface area is 166 Å². The molecule has 26 heavy (non-hydrogen) atoms. The first kappa shape index (κ1) is 17.7. The van der Waals surface area contributed by atoms with E-state index in [1.807, 2.05) is 0 Å². The Bertz CT molecular complexity index is 953. The molecule has 0 spiro atoms. The van der Waals surface area contributed by atoms with Crippen molar-refractivity contribution >= 4 is 33.0 Å². The average molecular weight is 429 g/mol. The summed E-state index contributed by atoms with van der Waals surface area (Å²) in [5, 5.41) is 2.20. The number of halogens is 1. The van der Waals surface area contributed by atoms with E-state index in [9.17, 15) is 0 Å². The highest BCUT2D eigenvalue weighted by atomic mass is 79.9. The van der Waals surface area contributed by atoms with Gasteiger partial charge in [0.2, 0.25) is 0 Å². The van der Waals surface area contributed by atoms with Crippen LogP contribution in [0.2, 0.25) is 0 Å². The molecular formula is C21H21BrN2OS. The van der Waals surface area contributed by atoms with Gasteiger partial charge in [0.05, 0.1) is 24.0 Å². The minimum absolute atomic E-state index is 0.273. The molecule has 0 aliphatic carbocycles. The zero-order chi connectivity index (χ0) is 17.9. The Morgan fingerprint density at radius 1 is 1.23 bits per heavy atom. The fourth-order valence-corrected chi connectivity index (χ4v) is 4.45. The van der Waals surface area contributed by atoms with Crippen molar-refractivity contribution in [3.63, 3.8) is 0 Å². The number of aromatic nitrogens is 1. The van der Waals surface area contributed by atoms with Gasteiger partial charge in [-0.25, -0.2) is 4.99 Å². The van der Waals surface area contributed by atoms with E-state index in [4.69, 9.17) is 9.73 Å². The van der Waals surface area contributed by atoms with Gasteiger partial charge in [0.1, 0.15) is 0 Å². The molecule has 1 unspecified atom stereocenters. The molecule has 0 N–H and O–H groups in total. The zero-order valence-corrected chi connectivity index (χ0v) is 17.1. The first-order valence-electron chi connectivity index (χ1n) is 8.86. The summed E-state index contributed by atoms with van der Waals surface area (Å²) >= 11 is 5.21. The second-order valence-corrected chi connectivity index (χ2v) is 8.36. The number of hydrogen-bond acceptors (Lipinski definition) is 3. The minimum Gasteiger partial charge on any atom is -0.376 e. The molecule has 4 rings (SSSR count). The first-order valence-corrected chi connectivity index (χ1v) is 10.5. The van der Waals surface area contributed by atoms with Crippen molar-refractivity contribution in [2.24, 2.45) is 4.99 Å². The van der Waals surface area contributed by atoms with Crippen LogP contribution in [0.3, 0.4) is 0 Å². The van der Waals surface area contributed by atoms with Crippen LogP contribution in [0.1, 0.15) is 18.4 Å². The average Bonchev–Trinajstić information content (AvgIpc) is 3.27. The third-order valence-electron chi connectivity index (χ3n) is 4.57. The highest BCUT2D eigenvalue weighted by molar-refractivity contribution is 9.10. The molecule has 0 amide bonds. The van der Waals surface area contributed by atoms with Gasteiger partial charge in [-0.05, 0) is 55.2 Å². The SMILES string of the molecule is Cc1cccc(N=c2scc(-c3ccc(Br)cc3)n2CC2CCCO2)c1. The van der Waals surface area contributed by atoms with E-state index >= 15 is 0 Å². The molecule has 5 heteroatoms. The lowest BCUT2D eigenvalue weighted by molar-refractivity contribution is 0.0968. The molecular weight excluding hydrogens is 408 g/mol. The molecule has 1 aliphatic heterocycles. The lowest BCUT2D eigenvalue weighted by Crippen LogP contribution is -2.24. The molecule has 2 aromatic carbocycles. The highest BCUT2D eigenvalue weighted by Gasteiger charge is 2.19. The summed E-state index contributed by atoms with van der Waals surface area (Å²) in [6.45, 7) is 3.81. The summed E-state index contributed by atoms with van der Waals surface area (Å²) in [5.74, 6) is 0. The molecule has 1 fully saturated rings. The van der Waals surface area contributed by atoms with Crippen molar-refractivity contribution in [1.82, 2.24) is 4.57 Å². The summed E-state index contributed by atoms with van der Waals surface area (Å²) in [6, 6.07) is 16.8. The number of benzene rings is 2. The van der Waals surface area contributed by atoms with Gasteiger partial charge in [0.15, 0.2) is 4.80 Å². The van der Waals surface area contributed by atoms with E-state index in [-0.39, 0.29) is 6.10 Å². The Balaban J connectivity index is 1.79. The van der Waals surface area contributed by atoms with Crippen molar-refractivity contribution in [2.45, 2.75) is 32.4 Å². The van der Waals surface area contributed by atoms with Gasteiger partial charge >= 0.3 is 0 Å². The summed E-state index contributed by atoms with van der Waals surface area (Å²) in [7, 11) is 0. The monoisotopic (exact) mass is 428 g/mol. The van der Waals surface area contributed by atoms with Crippen LogP contribution in [0.25, 0.3) is 11.3 Å². The highest BCUT2D eigenvalue weighted by Crippen LogP contribution is 2.25. The number of aryl methyl sites for hydroxylation is 1. The van der Waals surface area contributed by atoms with E-state index < -0.39 is 0 Å². The topological polar surface area (TPSA) is 26.5 Å². The largest absolute Gasteiger partial charge is 0.376 e. The van der Waals surface area contributed by atoms with E-state index in [1.54, 1.807) is 11.3 Å². The first-order chi connectivity index (χ1) is 12.7. The van der Waals surface area contributed by atoms with Crippen LogP contribution in [-0.2, 0) is 11.3 Å². The van der Waals surface area contributed by atoms with E-state index in [2.05, 4.69) is 81.3 Å². The van der Waals surface area contributed by atoms with Crippen LogP contribution in [-0.4, -0.2) is 17.3 Å². The molecule has 1 saturated heterocycles. The normalized spacial score (nSPS) is 17.8. The van der Waals surface area contributed by atoms with Crippen molar-refractivity contribution in [3.8, 4) is 11.3 Å². The maximum absolute atomic E-state index is 5.90. The van der Waals surface area contributed by atoms with Crippen LogP contribution < -0.4 is 4.80 Å². The summed E-state index contributed by atoms with van der Waals surface area (Å²) in [5.41, 5.74) is 4.62. The lowest BCUT2D eigenvalue weighted by Gasteiger charge is -2.14. The Hall–Kier alpha value is -1.69. The molecule has 1 aromatic heterocycles. The van der Waals surface area contributed by atoms with E-state index in [0.29, 0.717) is 0 Å². The number of rotatable bonds is 4. The smallest absolute Gasteiger partial charge is 0.190 e. The van der Waals surface area contributed by atoms with Gasteiger partial charge in [-0.3, -0.25) is 0 Å². The Morgan fingerprint density at radius 2 is 2.08 bits per heavy atom. The van der Waals surface area contributed by atoms with Gasteiger partial charge in [-0.2, -0.15) is 0 Å². The van der Waals surface area contributed by atoms with E-state index in [1.165, 1.54) is 16.8 Å². The van der Waals surface area contributed by atoms with Gasteiger partial charge in [0, 0.05) is 16.5 Å². The van der Waals surface area contributed by atoms with Gasteiger partial charge in [-0.1, -0.05) is 40.2 Å². The van der Waals surface area contributed by atoms with Crippen LogP contribution in [0, 0.1) is 6.92 Å². The van der Waals surface area contributed by atoms with Crippen molar-refractivity contribution < 1.29 is 4.74 Å². The summed E-state index contributed by atoms with van der Waals surface area (Å²) < 4.78 is 9.30. The fraction of sp³-hybridized carbons (Fsp3) is 0.286. The molecule has 134 valence electrons. The standard InChI is InChI=1S/C21H21BrN2OS/c1-15-4-2-5-18(12-15)23-21-24(13-19-6-3-11-25-19)20(14-26-21)16-7-9-17(22)10-8-16/h2,4-5,7-10,12,14,19H,3,6,11,13H2,1H3. The van der Waals surface area contributed by atoms with Crippen LogP contribution >= 0.6 is 27.3 Å². The Morgan fingerprint density at radius 3 is 2.81 bits per heavy atom. The number of ether oxygens (including phenoxy) is 1. The molecule has 0 bridgehead atoms.